The zero-order valence-electron chi connectivity index (χ0n) is 19.7. The predicted molar refractivity (Wildman–Crippen MR) is 150 cm³/mol. The molecule has 0 fully saturated rings. The van der Waals surface area contributed by atoms with Gasteiger partial charge in [-0.15, -0.1) is 0 Å². The summed E-state index contributed by atoms with van der Waals surface area (Å²) in [5, 5.41) is 2.33. The van der Waals surface area contributed by atoms with E-state index in [1.54, 1.807) is 12.1 Å². The summed E-state index contributed by atoms with van der Waals surface area (Å²) in [6, 6.07) is 41.1. The van der Waals surface area contributed by atoms with E-state index in [0.29, 0.717) is 5.75 Å². The largest absolute Gasteiger partial charge is 0.423 e. The second-order valence-electron chi connectivity index (χ2n) is 8.25. The number of fused-ring (bicyclic) bond motifs is 1. The normalized spacial score (nSPS) is 10.9. The van der Waals surface area contributed by atoms with Gasteiger partial charge in [0.25, 0.3) is 0 Å². The lowest BCUT2D eigenvalue weighted by molar-refractivity contribution is -0.128. The maximum absolute atomic E-state index is 11.4. The third kappa shape index (κ3) is 4.96. The Morgan fingerprint density at radius 2 is 1.22 bits per heavy atom. The molecule has 0 atom stereocenters. The van der Waals surface area contributed by atoms with Gasteiger partial charge in [0.1, 0.15) is 5.75 Å². The molecule has 0 amide bonds. The van der Waals surface area contributed by atoms with E-state index in [0.717, 1.165) is 34.3 Å². The van der Waals surface area contributed by atoms with Gasteiger partial charge in [0.2, 0.25) is 0 Å². The van der Waals surface area contributed by atoms with Crippen LogP contribution in [0.3, 0.4) is 0 Å². The first-order chi connectivity index (χ1) is 17.7. The molecule has 0 bridgehead atoms. The summed E-state index contributed by atoms with van der Waals surface area (Å²) < 4.78 is 5.16. The highest BCUT2D eigenvalue weighted by molar-refractivity contribution is 6.03. The fourth-order valence-corrected chi connectivity index (χ4v) is 4.22. The van der Waals surface area contributed by atoms with Crippen LogP contribution in [0.15, 0.2) is 134 Å². The second-order valence-corrected chi connectivity index (χ2v) is 8.25. The molecular formula is C33H25NO2. The summed E-state index contributed by atoms with van der Waals surface area (Å²) in [7, 11) is 0. The number of hydrogen-bond donors (Lipinski definition) is 0. The van der Waals surface area contributed by atoms with E-state index in [2.05, 4.69) is 109 Å². The van der Waals surface area contributed by atoms with Gasteiger partial charge in [0, 0.05) is 22.8 Å². The quantitative estimate of drug-likeness (QED) is 0.104. The molecule has 0 saturated heterocycles. The minimum Gasteiger partial charge on any atom is -0.423 e. The van der Waals surface area contributed by atoms with E-state index in [9.17, 15) is 4.79 Å². The molecule has 0 N–H and O–H groups in total. The van der Waals surface area contributed by atoms with Gasteiger partial charge in [0.05, 0.1) is 5.69 Å². The summed E-state index contributed by atoms with van der Waals surface area (Å²) in [6.07, 6.45) is 5.33. The number of anilines is 3. The van der Waals surface area contributed by atoms with Crippen molar-refractivity contribution in [2.45, 2.75) is 0 Å². The highest BCUT2D eigenvalue weighted by atomic mass is 16.5. The molecule has 3 heteroatoms. The van der Waals surface area contributed by atoms with Gasteiger partial charge < -0.3 is 9.64 Å². The summed E-state index contributed by atoms with van der Waals surface area (Å²) in [5.41, 5.74) is 5.46. The highest BCUT2D eigenvalue weighted by Crippen LogP contribution is 2.39. The Kier molecular flexibility index (Phi) is 6.72. The van der Waals surface area contributed by atoms with Crippen LogP contribution in [0.1, 0.15) is 11.1 Å². The van der Waals surface area contributed by atoms with E-state index in [1.807, 2.05) is 24.3 Å². The van der Waals surface area contributed by atoms with Crippen LogP contribution in [-0.2, 0) is 4.79 Å². The van der Waals surface area contributed by atoms with Gasteiger partial charge in [-0.05, 0) is 59.0 Å². The molecule has 0 saturated carbocycles. The lowest BCUT2D eigenvalue weighted by atomic mass is 10.00. The van der Waals surface area contributed by atoms with Crippen LogP contribution in [0, 0.1) is 0 Å². The summed E-state index contributed by atoms with van der Waals surface area (Å²) in [6.45, 7) is 3.42. The minimum atomic E-state index is -0.468. The van der Waals surface area contributed by atoms with Gasteiger partial charge in [-0.1, -0.05) is 97.6 Å². The number of benzene rings is 5. The molecule has 5 aromatic carbocycles. The number of rotatable bonds is 7. The number of ether oxygens (including phenoxy) is 1. The first-order valence-corrected chi connectivity index (χ1v) is 11.8. The standard InChI is InChI=1S/C33H25NO2/c1-2-33(35)36-29-22-18-25(19-23-29)17-20-26-21-24-32(31-16-10-9-15-30(26)31)34(27-11-5-3-6-12-27)28-13-7-4-8-14-28/h2-24H,1H2/b20-17-. The van der Waals surface area contributed by atoms with Gasteiger partial charge in [-0.25, -0.2) is 4.79 Å². The summed E-state index contributed by atoms with van der Waals surface area (Å²) >= 11 is 0. The average Bonchev–Trinajstić information content (AvgIpc) is 2.94. The van der Waals surface area contributed by atoms with E-state index in [1.165, 1.54) is 10.8 Å². The molecule has 3 nitrogen and oxygen atoms in total. The molecule has 0 unspecified atom stereocenters. The predicted octanol–water partition coefficient (Wildman–Crippen LogP) is 8.57. The minimum absolute atomic E-state index is 0.468. The number of carbonyl (C=O) groups excluding carboxylic acids is 1. The van der Waals surface area contributed by atoms with E-state index < -0.39 is 5.97 Å². The van der Waals surface area contributed by atoms with Crippen molar-refractivity contribution >= 4 is 46.0 Å². The highest BCUT2D eigenvalue weighted by Gasteiger charge is 2.15. The van der Waals surface area contributed by atoms with Gasteiger partial charge >= 0.3 is 5.97 Å². The fraction of sp³-hybridized carbons (Fsp3) is 0. The van der Waals surface area contributed by atoms with Crippen LogP contribution in [0.25, 0.3) is 22.9 Å². The molecule has 0 aliphatic carbocycles. The van der Waals surface area contributed by atoms with Crippen LogP contribution >= 0.6 is 0 Å². The molecule has 0 aliphatic rings. The van der Waals surface area contributed by atoms with Crippen LogP contribution in [0.4, 0.5) is 17.1 Å². The third-order valence-electron chi connectivity index (χ3n) is 5.93. The molecule has 5 aromatic rings. The SMILES string of the molecule is C=CC(=O)Oc1ccc(/C=C\c2ccc(N(c3ccccc3)c3ccccc3)c3ccccc23)cc1. The fourth-order valence-electron chi connectivity index (χ4n) is 4.22. The Bertz CT molecular complexity index is 1480. The van der Waals surface area contributed by atoms with E-state index in [-0.39, 0.29) is 0 Å². The first-order valence-electron chi connectivity index (χ1n) is 11.8. The number of hydrogen-bond acceptors (Lipinski definition) is 3. The Morgan fingerprint density at radius 1 is 0.639 bits per heavy atom. The van der Waals surface area contributed by atoms with Crippen LogP contribution in [-0.4, -0.2) is 5.97 Å². The molecule has 0 heterocycles. The first kappa shape index (κ1) is 22.9. The lowest BCUT2D eigenvalue weighted by Crippen LogP contribution is -2.10. The van der Waals surface area contributed by atoms with Crippen molar-refractivity contribution in [2.75, 3.05) is 4.90 Å². The van der Waals surface area contributed by atoms with Crippen molar-refractivity contribution in [1.29, 1.82) is 0 Å². The van der Waals surface area contributed by atoms with Crippen LogP contribution in [0.5, 0.6) is 5.75 Å². The molecular weight excluding hydrogens is 442 g/mol. The molecule has 0 aliphatic heterocycles. The van der Waals surface area contributed by atoms with Crippen molar-refractivity contribution in [3.05, 3.63) is 145 Å². The average molecular weight is 468 g/mol. The maximum Gasteiger partial charge on any atom is 0.335 e. The zero-order chi connectivity index (χ0) is 24.7. The van der Waals surface area contributed by atoms with E-state index >= 15 is 0 Å². The van der Waals surface area contributed by atoms with Crippen LogP contribution in [0.2, 0.25) is 0 Å². The second kappa shape index (κ2) is 10.6. The molecule has 0 spiro atoms. The van der Waals surface area contributed by atoms with Crippen molar-refractivity contribution in [3.8, 4) is 5.75 Å². The number of esters is 1. The van der Waals surface area contributed by atoms with Crippen molar-refractivity contribution in [3.63, 3.8) is 0 Å². The van der Waals surface area contributed by atoms with Crippen LogP contribution < -0.4 is 9.64 Å². The zero-order valence-corrected chi connectivity index (χ0v) is 19.7. The third-order valence-corrected chi connectivity index (χ3v) is 5.93. The molecule has 0 aromatic heterocycles. The molecule has 5 rings (SSSR count). The summed E-state index contributed by atoms with van der Waals surface area (Å²) in [4.78, 5) is 13.7. The van der Waals surface area contributed by atoms with Gasteiger partial charge in [-0.3, -0.25) is 0 Å². The topological polar surface area (TPSA) is 29.5 Å². The number of para-hydroxylation sites is 2. The molecule has 174 valence electrons. The Hall–Kier alpha value is -4.89. The van der Waals surface area contributed by atoms with Gasteiger partial charge in [-0.2, -0.15) is 0 Å². The monoisotopic (exact) mass is 467 g/mol. The molecule has 0 radical (unpaired) electrons. The summed E-state index contributed by atoms with van der Waals surface area (Å²) in [5.74, 6) is 0.0265. The smallest absolute Gasteiger partial charge is 0.335 e. The number of nitrogens with zero attached hydrogens (tertiary/aromatic N) is 1. The van der Waals surface area contributed by atoms with E-state index in [4.69, 9.17) is 4.74 Å². The van der Waals surface area contributed by atoms with Crippen molar-refractivity contribution < 1.29 is 9.53 Å². The van der Waals surface area contributed by atoms with Gasteiger partial charge in [0.15, 0.2) is 0 Å². The Balaban J connectivity index is 1.53. The van der Waals surface area contributed by atoms with Crippen molar-refractivity contribution in [2.24, 2.45) is 0 Å². The molecule has 36 heavy (non-hydrogen) atoms. The lowest BCUT2D eigenvalue weighted by Gasteiger charge is -2.27. The Labute approximate surface area is 211 Å². The van der Waals surface area contributed by atoms with Crippen molar-refractivity contribution in [1.82, 2.24) is 0 Å². The maximum atomic E-state index is 11.4. The number of carbonyl (C=O) groups is 1. The Morgan fingerprint density at radius 3 is 1.83 bits per heavy atom.